The van der Waals surface area contributed by atoms with Gasteiger partial charge in [0.1, 0.15) is 5.76 Å². The van der Waals surface area contributed by atoms with Crippen LogP contribution >= 0.6 is 0 Å². The van der Waals surface area contributed by atoms with Crippen molar-refractivity contribution in [1.29, 1.82) is 0 Å². The Morgan fingerprint density at radius 2 is 2.14 bits per heavy atom. The van der Waals surface area contributed by atoms with Crippen molar-refractivity contribution in [3.63, 3.8) is 0 Å². The molecule has 0 fully saturated rings. The number of carbonyl (C=O) groups is 1. The second-order valence-electron chi connectivity index (χ2n) is 5.59. The van der Waals surface area contributed by atoms with E-state index in [9.17, 15) is 4.79 Å². The molecule has 3 rings (SSSR count). The number of furan rings is 1. The van der Waals surface area contributed by atoms with Gasteiger partial charge < -0.3 is 14.7 Å². The number of hydrogen-bond donors (Lipinski definition) is 2. The highest BCUT2D eigenvalue weighted by atomic mass is 16.3. The number of rotatable bonds is 6. The normalized spacial score (nSPS) is 12.4. The Labute approximate surface area is 129 Å². The fourth-order valence-corrected chi connectivity index (χ4v) is 2.66. The fraction of sp³-hybridized carbons (Fsp3) is 0.278. The molecule has 0 aliphatic carbocycles. The second-order valence-corrected chi connectivity index (χ2v) is 5.59. The summed E-state index contributed by atoms with van der Waals surface area (Å²) in [6.07, 6.45) is 5.10. The predicted octanol–water partition coefficient (Wildman–Crippen LogP) is 3.30. The summed E-state index contributed by atoms with van der Waals surface area (Å²) >= 11 is 0. The molecule has 4 nitrogen and oxygen atoms in total. The molecule has 0 saturated carbocycles. The minimum atomic E-state index is -0.0594. The summed E-state index contributed by atoms with van der Waals surface area (Å²) in [6.45, 7) is 2.56. The highest BCUT2D eigenvalue weighted by Gasteiger charge is 2.15. The quantitative estimate of drug-likeness (QED) is 0.733. The lowest BCUT2D eigenvalue weighted by atomic mass is 10.00. The molecule has 114 valence electrons. The summed E-state index contributed by atoms with van der Waals surface area (Å²) in [5, 5.41) is 4.16. The highest BCUT2D eigenvalue weighted by molar-refractivity contribution is 5.84. The fourth-order valence-electron chi connectivity index (χ4n) is 2.66. The zero-order chi connectivity index (χ0) is 15.4. The van der Waals surface area contributed by atoms with Crippen LogP contribution in [0.5, 0.6) is 0 Å². The molecule has 2 heterocycles. The van der Waals surface area contributed by atoms with E-state index in [4.69, 9.17) is 4.42 Å². The van der Waals surface area contributed by atoms with Crippen molar-refractivity contribution < 1.29 is 9.21 Å². The van der Waals surface area contributed by atoms with Gasteiger partial charge in [0, 0.05) is 36.0 Å². The Bertz CT molecular complexity index is 743. The number of aromatic amines is 1. The van der Waals surface area contributed by atoms with Crippen LogP contribution in [0.25, 0.3) is 10.9 Å². The van der Waals surface area contributed by atoms with Crippen molar-refractivity contribution in [2.45, 2.75) is 19.8 Å². The van der Waals surface area contributed by atoms with Crippen LogP contribution in [-0.2, 0) is 17.6 Å². The third kappa shape index (κ3) is 3.22. The molecule has 0 aliphatic heterocycles. The van der Waals surface area contributed by atoms with Gasteiger partial charge in [-0.15, -0.1) is 0 Å². The van der Waals surface area contributed by atoms with E-state index in [1.807, 2.05) is 43.5 Å². The largest absolute Gasteiger partial charge is 0.469 e. The Hall–Kier alpha value is -2.49. The molecule has 2 aromatic heterocycles. The molecule has 2 N–H and O–H groups in total. The minimum absolute atomic E-state index is 0.0594. The van der Waals surface area contributed by atoms with E-state index in [1.165, 1.54) is 10.9 Å². The SMILES string of the molecule is CC(Cc1c[nH]c2ccccc12)C(=O)NCCc1ccco1. The van der Waals surface area contributed by atoms with Crippen LogP contribution in [0.4, 0.5) is 0 Å². The summed E-state index contributed by atoms with van der Waals surface area (Å²) in [5.41, 5.74) is 2.30. The monoisotopic (exact) mass is 296 g/mol. The van der Waals surface area contributed by atoms with Gasteiger partial charge in [-0.2, -0.15) is 0 Å². The molecule has 1 amide bonds. The number of nitrogens with one attached hydrogen (secondary N) is 2. The van der Waals surface area contributed by atoms with Crippen molar-refractivity contribution in [3.05, 3.63) is 60.2 Å². The molecular formula is C18H20N2O2. The first-order valence-electron chi connectivity index (χ1n) is 7.59. The van der Waals surface area contributed by atoms with Crippen molar-refractivity contribution in [2.75, 3.05) is 6.54 Å². The molecule has 0 spiro atoms. The van der Waals surface area contributed by atoms with Gasteiger partial charge in [-0.1, -0.05) is 25.1 Å². The maximum Gasteiger partial charge on any atom is 0.223 e. The van der Waals surface area contributed by atoms with E-state index in [0.29, 0.717) is 6.54 Å². The van der Waals surface area contributed by atoms with Gasteiger partial charge in [-0.3, -0.25) is 4.79 Å². The van der Waals surface area contributed by atoms with Gasteiger partial charge in [0.05, 0.1) is 6.26 Å². The topological polar surface area (TPSA) is 58.0 Å². The number of para-hydroxylation sites is 1. The summed E-state index contributed by atoms with van der Waals surface area (Å²) in [4.78, 5) is 15.4. The Kier molecular flexibility index (Phi) is 4.28. The van der Waals surface area contributed by atoms with Gasteiger partial charge in [0.15, 0.2) is 0 Å². The van der Waals surface area contributed by atoms with Gasteiger partial charge in [0.2, 0.25) is 5.91 Å². The molecule has 1 unspecified atom stereocenters. The van der Waals surface area contributed by atoms with Gasteiger partial charge in [-0.05, 0) is 30.2 Å². The van der Waals surface area contributed by atoms with E-state index >= 15 is 0 Å². The number of carbonyl (C=O) groups excluding carboxylic acids is 1. The van der Waals surface area contributed by atoms with Crippen LogP contribution < -0.4 is 5.32 Å². The number of amides is 1. The maximum absolute atomic E-state index is 12.2. The van der Waals surface area contributed by atoms with Crippen LogP contribution in [0, 0.1) is 5.92 Å². The maximum atomic E-state index is 12.2. The third-order valence-electron chi connectivity index (χ3n) is 3.90. The zero-order valence-corrected chi connectivity index (χ0v) is 12.6. The molecule has 22 heavy (non-hydrogen) atoms. The van der Waals surface area contributed by atoms with Crippen LogP contribution in [0.3, 0.4) is 0 Å². The number of aromatic nitrogens is 1. The summed E-state index contributed by atoms with van der Waals surface area (Å²) < 4.78 is 5.25. The molecule has 1 atom stereocenters. The lowest BCUT2D eigenvalue weighted by Gasteiger charge is -2.11. The third-order valence-corrected chi connectivity index (χ3v) is 3.90. The van der Waals surface area contributed by atoms with Gasteiger partial charge >= 0.3 is 0 Å². The molecule has 4 heteroatoms. The molecule has 0 bridgehead atoms. The smallest absolute Gasteiger partial charge is 0.223 e. The van der Waals surface area contributed by atoms with E-state index in [1.54, 1.807) is 6.26 Å². The molecule has 0 radical (unpaired) electrons. The lowest BCUT2D eigenvalue weighted by molar-refractivity contribution is -0.124. The molecule has 0 aliphatic rings. The predicted molar refractivity (Wildman–Crippen MR) is 86.6 cm³/mol. The first-order chi connectivity index (χ1) is 10.7. The Morgan fingerprint density at radius 1 is 1.27 bits per heavy atom. The van der Waals surface area contributed by atoms with E-state index in [2.05, 4.69) is 16.4 Å². The molecule has 0 saturated heterocycles. The number of H-pyrrole nitrogens is 1. The number of hydrogen-bond acceptors (Lipinski definition) is 2. The van der Waals surface area contributed by atoms with Crippen molar-refractivity contribution >= 4 is 16.8 Å². The first kappa shape index (κ1) is 14.4. The summed E-state index contributed by atoms with van der Waals surface area (Å²) in [7, 11) is 0. The average molecular weight is 296 g/mol. The lowest BCUT2D eigenvalue weighted by Crippen LogP contribution is -2.31. The summed E-state index contributed by atoms with van der Waals surface area (Å²) in [6, 6.07) is 11.9. The molecular weight excluding hydrogens is 276 g/mol. The van der Waals surface area contributed by atoms with Crippen LogP contribution in [0.2, 0.25) is 0 Å². The average Bonchev–Trinajstić information content (AvgIpc) is 3.17. The first-order valence-corrected chi connectivity index (χ1v) is 7.59. The zero-order valence-electron chi connectivity index (χ0n) is 12.6. The second kappa shape index (κ2) is 6.52. The standard InChI is InChI=1S/C18H20N2O2/c1-13(18(21)19-9-8-15-5-4-10-22-15)11-14-12-20-17-7-3-2-6-16(14)17/h2-7,10,12-13,20H,8-9,11H2,1H3,(H,19,21). The minimum Gasteiger partial charge on any atom is -0.469 e. The van der Waals surface area contributed by atoms with Crippen LogP contribution in [0.1, 0.15) is 18.2 Å². The number of benzene rings is 1. The van der Waals surface area contributed by atoms with Gasteiger partial charge in [0.25, 0.3) is 0 Å². The van der Waals surface area contributed by atoms with Crippen molar-refractivity contribution in [1.82, 2.24) is 10.3 Å². The Balaban J connectivity index is 1.54. The van der Waals surface area contributed by atoms with Gasteiger partial charge in [-0.25, -0.2) is 0 Å². The molecule has 1 aromatic carbocycles. The highest BCUT2D eigenvalue weighted by Crippen LogP contribution is 2.20. The summed E-state index contributed by atoms with van der Waals surface area (Å²) in [5.74, 6) is 0.914. The van der Waals surface area contributed by atoms with E-state index in [0.717, 1.165) is 24.1 Å². The number of fused-ring (bicyclic) bond motifs is 1. The van der Waals surface area contributed by atoms with E-state index < -0.39 is 0 Å². The van der Waals surface area contributed by atoms with Crippen molar-refractivity contribution in [2.24, 2.45) is 5.92 Å². The van der Waals surface area contributed by atoms with E-state index in [-0.39, 0.29) is 11.8 Å². The molecule has 3 aromatic rings. The Morgan fingerprint density at radius 3 is 2.95 bits per heavy atom. The van der Waals surface area contributed by atoms with Crippen LogP contribution in [-0.4, -0.2) is 17.4 Å². The van der Waals surface area contributed by atoms with Crippen LogP contribution in [0.15, 0.2) is 53.3 Å². The van der Waals surface area contributed by atoms with Crippen molar-refractivity contribution in [3.8, 4) is 0 Å².